The molecule has 90 valence electrons. The summed E-state index contributed by atoms with van der Waals surface area (Å²) in [5.74, 6) is 0.845. The molecule has 6 heteroatoms. The van der Waals surface area contributed by atoms with Crippen LogP contribution in [0.4, 0.5) is 5.82 Å². The summed E-state index contributed by atoms with van der Waals surface area (Å²) in [5.41, 5.74) is 6.02. The Morgan fingerprint density at radius 1 is 1.38 bits per heavy atom. The summed E-state index contributed by atoms with van der Waals surface area (Å²) >= 11 is 5.80. The van der Waals surface area contributed by atoms with E-state index in [9.17, 15) is 0 Å². The van der Waals surface area contributed by atoms with E-state index in [1.807, 2.05) is 0 Å². The molecule has 1 fully saturated rings. The Kier molecular flexibility index (Phi) is 4.35. The third-order valence-electron chi connectivity index (χ3n) is 2.82. The molecule has 0 radical (unpaired) electrons. The van der Waals surface area contributed by atoms with Crippen molar-refractivity contribution in [1.82, 2.24) is 9.97 Å². The molecular formula is C10H16Cl2N4. The van der Waals surface area contributed by atoms with Crippen molar-refractivity contribution < 1.29 is 0 Å². The summed E-state index contributed by atoms with van der Waals surface area (Å²) in [5, 5.41) is 0.439. The molecule has 0 aromatic carbocycles. The zero-order valence-corrected chi connectivity index (χ0v) is 10.8. The molecule has 1 saturated heterocycles. The Morgan fingerprint density at radius 3 is 2.56 bits per heavy atom. The largest absolute Gasteiger partial charge is 0.355 e. The van der Waals surface area contributed by atoms with Gasteiger partial charge in [-0.2, -0.15) is 0 Å². The van der Waals surface area contributed by atoms with Crippen molar-refractivity contribution in [3.05, 3.63) is 17.5 Å². The summed E-state index contributed by atoms with van der Waals surface area (Å²) in [6, 6.07) is 0. The second-order valence-corrected chi connectivity index (χ2v) is 4.73. The number of nitrogens with two attached hydrogens (primary N) is 1. The molecule has 0 unspecified atom stereocenters. The number of rotatable bonds is 1. The normalized spacial score (nSPS) is 19.1. The Labute approximate surface area is 107 Å². The van der Waals surface area contributed by atoms with Crippen LogP contribution in [0.3, 0.4) is 0 Å². The highest BCUT2D eigenvalue weighted by atomic mass is 35.5. The average molecular weight is 263 g/mol. The van der Waals surface area contributed by atoms with E-state index in [0.717, 1.165) is 31.7 Å². The lowest BCUT2D eigenvalue weighted by Crippen LogP contribution is -2.48. The molecule has 2 rings (SSSR count). The Morgan fingerprint density at radius 2 is 2.00 bits per heavy atom. The summed E-state index contributed by atoms with van der Waals surface area (Å²) in [7, 11) is 0. The van der Waals surface area contributed by atoms with E-state index in [0.29, 0.717) is 5.15 Å². The highest BCUT2D eigenvalue weighted by Gasteiger charge is 2.26. The molecule has 0 aliphatic carbocycles. The Balaban J connectivity index is 0.00000128. The fourth-order valence-electron chi connectivity index (χ4n) is 1.73. The van der Waals surface area contributed by atoms with Gasteiger partial charge in [-0.05, 0) is 19.8 Å². The zero-order chi connectivity index (χ0) is 10.9. The van der Waals surface area contributed by atoms with E-state index in [-0.39, 0.29) is 17.9 Å². The molecule has 0 amide bonds. The quantitative estimate of drug-likeness (QED) is 0.840. The van der Waals surface area contributed by atoms with Crippen molar-refractivity contribution in [1.29, 1.82) is 0 Å². The third-order valence-corrected chi connectivity index (χ3v) is 3.00. The Hall–Kier alpha value is -0.580. The van der Waals surface area contributed by atoms with Gasteiger partial charge in [0, 0.05) is 18.6 Å². The van der Waals surface area contributed by atoms with Crippen molar-refractivity contribution >= 4 is 29.8 Å². The first-order valence-electron chi connectivity index (χ1n) is 5.08. The fraction of sp³-hybridized carbons (Fsp3) is 0.600. The van der Waals surface area contributed by atoms with Crippen molar-refractivity contribution in [2.45, 2.75) is 25.3 Å². The first kappa shape index (κ1) is 13.5. The van der Waals surface area contributed by atoms with E-state index in [1.54, 1.807) is 12.4 Å². The van der Waals surface area contributed by atoms with Crippen LogP contribution < -0.4 is 10.6 Å². The summed E-state index contributed by atoms with van der Waals surface area (Å²) < 4.78 is 0. The second kappa shape index (κ2) is 5.17. The van der Waals surface area contributed by atoms with Gasteiger partial charge in [0.25, 0.3) is 0 Å². The number of hydrogen-bond donors (Lipinski definition) is 1. The van der Waals surface area contributed by atoms with Gasteiger partial charge in [0.2, 0.25) is 0 Å². The lowest BCUT2D eigenvalue weighted by Gasteiger charge is -2.37. The highest BCUT2D eigenvalue weighted by molar-refractivity contribution is 6.29. The molecule has 0 bridgehead atoms. The minimum absolute atomic E-state index is 0. The number of aromatic nitrogens is 2. The monoisotopic (exact) mass is 262 g/mol. The lowest BCUT2D eigenvalue weighted by molar-refractivity contribution is 0.363. The number of nitrogens with zero attached hydrogens (tertiary/aromatic N) is 3. The van der Waals surface area contributed by atoms with Crippen LogP contribution in [0, 0.1) is 0 Å². The van der Waals surface area contributed by atoms with Crippen molar-refractivity contribution in [3.63, 3.8) is 0 Å². The first-order valence-corrected chi connectivity index (χ1v) is 5.46. The van der Waals surface area contributed by atoms with Crippen LogP contribution in [0.25, 0.3) is 0 Å². The third kappa shape index (κ3) is 3.20. The fourth-order valence-corrected chi connectivity index (χ4v) is 1.87. The number of anilines is 1. The smallest absolute Gasteiger partial charge is 0.149 e. The van der Waals surface area contributed by atoms with Crippen molar-refractivity contribution in [2.24, 2.45) is 5.73 Å². The van der Waals surface area contributed by atoms with E-state index < -0.39 is 0 Å². The molecule has 2 N–H and O–H groups in total. The lowest BCUT2D eigenvalue weighted by atomic mass is 9.91. The molecule has 0 atom stereocenters. The molecule has 16 heavy (non-hydrogen) atoms. The molecule has 1 aromatic rings. The van der Waals surface area contributed by atoms with Gasteiger partial charge in [0.1, 0.15) is 11.0 Å². The van der Waals surface area contributed by atoms with Crippen molar-refractivity contribution in [2.75, 3.05) is 18.0 Å². The van der Waals surface area contributed by atoms with Crippen LogP contribution in [0.15, 0.2) is 12.4 Å². The molecule has 4 nitrogen and oxygen atoms in total. The van der Waals surface area contributed by atoms with E-state index >= 15 is 0 Å². The topological polar surface area (TPSA) is 55.0 Å². The SMILES string of the molecule is CC1(N)CCN(c2cncc(Cl)n2)CC1.Cl. The van der Waals surface area contributed by atoms with Crippen LogP contribution in [0.5, 0.6) is 0 Å². The van der Waals surface area contributed by atoms with Crippen LogP contribution in [0.1, 0.15) is 19.8 Å². The van der Waals surface area contributed by atoms with E-state index in [1.165, 1.54) is 0 Å². The predicted molar refractivity (Wildman–Crippen MR) is 68.3 cm³/mol. The maximum atomic E-state index is 6.06. The van der Waals surface area contributed by atoms with Gasteiger partial charge >= 0.3 is 0 Å². The van der Waals surface area contributed by atoms with Crippen LogP contribution in [-0.2, 0) is 0 Å². The average Bonchev–Trinajstić information content (AvgIpc) is 2.17. The molecule has 0 saturated carbocycles. The highest BCUT2D eigenvalue weighted by Crippen LogP contribution is 2.22. The summed E-state index contributed by atoms with van der Waals surface area (Å²) in [6.07, 6.45) is 5.23. The zero-order valence-electron chi connectivity index (χ0n) is 9.19. The van der Waals surface area contributed by atoms with Crippen molar-refractivity contribution in [3.8, 4) is 0 Å². The predicted octanol–water partition coefficient (Wildman–Crippen LogP) is 1.87. The van der Waals surface area contributed by atoms with Gasteiger partial charge < -0.3 is 10.6 Å². The molecule has 1 aliphatic heterocycles. The maximum Gasteiger partial charge on any atom is 0.149 e. The first-order chi connectivity index (χ1) is 7.07. The van der Waals surface area contributed by atoms with Gasteiger partial charge in [-0.15, -0.1) is 12.4 Å². The minimum Gasteiger partial charge on any atom is -0.355 e. The molecule has 1 aliphatic rings. The number of halogens is 2. The number of piperidine rings is 1. The molecule has 1 aromatic heterocycles. The number of hydrogen-bond acceptors (Lipinski definition) is 4. The summed E-state index contributed by atoms with van der Waals surface area (Å²) in [6.45, 7) is 3.93. The summed E-state index contributed by atoms with van der Waals surface area (Å²) in [4.78, 5) is 10.4. The molecular weight excluding hydrogens is 247 g/mol. The maximum absolute atomic E-state index is 6.06. The van der Waals surface area contributed by atoms with Gasteiger partial charge in [0.05, 0.1) is 12.4 Å². The molecule has 2 heterocycles. The van der Waals surface area contributed by atoms with E-state index in [4.69, 9.17) is 17.3 Å². The van der Waals surface area contributed by atoms with Crippen LogP contribution >= 0.6 is 24.0 Å². The standard InChI is InChI=1S/C10H15ClN4.ClH/c1-10(12)2-4-15(5-3-10)9-7-13-6-8(11)14-9;/h6-7H,2-5,12H2,1H3;1H. The minimum atomic E-state index is -0.0392. The van der Waals surface area contributed by atoms with E-state index in [2.05, 4.69) is 21.8 Å². The second-order valence-electron chi connectivity index (χ2n) is 4.34. The van der Waals surface area contributed by atoms with Gasteiger partial charge in [-0.3, -0.25) is 4.98 Å². The van der Waals surface area contributed by atoms with Gasteiger partial charge in [0.15, 0.2) is 0 Å². The van der Waals surface area contributed by atoms with Crippen LogP contribution in [-0.4, -0.2) is 28.6 Å². The molecule has 0 spiro atoms. The van der Waals surface area contributed by atoms with Gasteiger partial charge in [-0.25, -0.2) is 4.98 Å². The van der Waals surface area contributed by atoms with Gasteiger partial charge in [-0.1, -0.05) is 11.6 Å². The van der Waals surface area contributed by atoms with Crippen LogP contribution in [0.2, 0.25) is 5.15 Å². The Bertz CT molecular complexity index is 346.